The van der Waals surface area contributed by atoms with Crippen molar-refractivity contribution < 1.29 is 19.2 Å². The van der Waals surface area contributed by atoms with Crippen molar-refractivity contribution in [2.24, 2.45) is 5.92 Å². The molecule has 0 aliphatic carbocycles. The van der Waals surface area contributed by atoms with Crippen LogP contribution >= 0.6 is 0 Å². The minimum absolute atomic E-state index is 0.0457. The topological polar surface area (TPSA) is 83.6 Å². The highest BCUT2D eigenvalue weighted by molar-refractivity contribution is 5.98. The highest BCUT2D eigenvalue weighted by atomic mass is 16.5. The van der Waals surface area contributed by atoms with E-state index in [-0.39, 0.29) is 11.8 Å². The maximum absolute atomic E-state index is 12.5. The maximum Gasteiger partial charge on any atom is 0.326 e. The molecule has 6 heteroatoms. The molecule has 1 N–H and O–H groups in total. The number of likely N-dealkylation sites (tertiary alicyclic amines) is 1. The van der Waals surface area contributed by atoms with Gasteiger partial charge >= 0.3 is 5.97 Å². The third-order valence-corrected chi connectivity index (χ3v) is 3.69. The van der Waals surface area contributed by atoms with Crippen molar-refractivity contribution in [2.45, 2.75) is 39.7 Å². The Labute approximate surface area is 111 Å². The second-order valence-corrected chi connectivity index (χ2v) is 5.10. The van der Waals surface area contributed by atoms with E-state index in [1.54, 1.807) is 13.8 Å². The number of aromatic nitrogens is 1. The van der Waals surface area contributed by atoms with Gasteiger partial charge in [-0.15, -0.1) is 0 Å². The van der Waals surface area contributed by atoms with E-state index in [4.69, 9.17) is 4.52 Å². The van der Waals surface area contributed by atoms with Gasteiger partial charge in [0, 0.05) is 6.54 Å². The van der Waals surface area contributed by atoms with E-state index in [9.17, 15) is 14.7 Å². The molecule has 0 bridgehead atoms. The van der Waals surface area contributed by atoms with E-state index in [1.807, 2.05) is 6.92 Å². The summed E-state index contributed by atoms with van der Waals surface area (Å²) in [7, 11) is 0. The van der Waals surface area contributed by atoms with Crippen LogP contribution in [0.1, 0.15) is 41.6 Å². The molecule has 0 saturated carbocycles. The first-order valence-electron chi connectivity index (χ1n) is 6.40. The molecule has 1 amide bonds. The van der Waals surface area contributed by atoms with Crippen LogP contribution in [0, 0.1) is 19.8 Å². The molecule has 1 fully saturated rings. The smallest absolute Gasteiger partial charge is 0.326 e. The number of carboxylic acids is 1. The van der Waals surface area contributed by atoms with Gasteiger partial charge in [0.1, 0.15) is 17.4 Å². The highest BCUT2D eigenvalue weighted by Gasteiger charge is 2.38. The van der Waals surface area contributed by atoms with E-state index >= 15 is 0 Å². The van der Waals surface area contributed by atoms with Crippen LogP contribution in [0.15, 0.2) is 4.52 Å². The molecule has 0 aromatic carbocycles. The molecular formula is C13H18N2O4. The van der Waals surface area contributed by atoms with Crippen molar-refractivity contribution >= 4 is 11.9 Å². The number of rotatable bonds is 2. The predicted octanol–water partition coefficient (Wildman–Crippen LogP) is 1.62. The summed E-state index contributed by atoms with van der Waals surface area (Å²) in [6, 6.07) is -0.769. The third kappa shape index (κ3) is 2.34. The van der Waals surface area contributed by atoms with Gasteiger partial charge in [0.25, 0.3) is 5.91 Å². The van der Waals surface area contributed by atoms with E-state index < -0.39 is 12.0 Å². The summed E-state index contributed by atoms with van der Waals surface area (Å²) < 4.78 is 4.98. The normalized spacial score (nSPS) is 23.4. The monoisotopic (exact) mass is 266 g/mol. The summed E-state index contributed by atoms with van der Waals surface area (Å²) in [4.78, 5) is 25.3. The number of hydrogen-bond acceptors (Lipinski definition) is 4. The van der Waals surface area contributed by atoms with Gasteiger partial charge in [-0.25, -0.2) is 4.79 Å². The van der Waals surface area contributed by atoms with Gasteiger partial charge in [0.05, 0.1) is 5.69 Å². The first-order valence-corrected chi connectivity index (χ1v) is 6.40. The Morgan fingerprint density at radius 2 is 2.11 bits per heavy atom. The summed E-state index contributed by atoms with van der Waals surface area (Å²) in [5, 5.41) is 13.1. The second kappa shape index (κ2) is 5.03. The Bertz CT molecular complexity index is 489. The van der Waals surface area contributed by atoms with Crippen molar-refractivity contribution in [3.8, 4) is 0 Å². The fraction of sp³-hybridized carbons (Fsp3) is 0.615. The van der Waals surface area contributed by atoms with Crippen LogP contribution in [0.25, 0.3) is 0 Å². The molecule has 2 rings (SSSR count). The van der Waals surface area contributed by atoms with Gasteiger partial charge in [-0.2, -0.15) is 0 Å². The number of amides is 1. The van der Waals surface area contributed by atoms with Gasteiger partial charge in [0.2, 0.25) is 0 Å². The lowest BCUT2D eigenvalue weighted by Crippen LogP contribution is -2.52. The molecule has 0 spiro atoms. The third-order valence-electron chi connectivity index (χ3n) is 3.69. The van der Waals surface area contributed by atoms with E-state index in [0.717, 1.165) is 12.8 Å². The number of aryl methyl sites for hydroxylation is 2. The molecule has 2 heterocycles. The van der Waals surface area contributed by atoms with Crippen molar-refractivity contribution in [2.75, 3.05) is 6.54 Å². The van der Waals surface area contributed by atoms with Crippen LogP contribution in [-0.2, 0) is 4.79 Å². The van der Waals surface area contributed by atoms with Crippen molar-refractivity contribution in [3.05, 3.63) is 17.0 Å². The minimum atomic E-state index is -0.952. The average Bonchev–Trinajstić information content (AvgIpc) is 2.67. The lowest BCUT2D eigenvalue weighted by Gasteiger charge is -2.37. The van der Waals surface area contributed by atoms with Gasteiger partial charge in [0.15, 0.2) is 0 Å². The molecule has 1 aromatic heterocycles. The zero-order chi connectivity index (χ0) is 14.2. The van der Waals surface area contributed by atoms with E-state index in [0.29, 0.717) is 23.6 Å². The largest absolute Gasteiger partial charge is 0.480 e. The molecule has 2 atom stereocenters. The van der Waals surface area contributed by atoms with Crippen LogP contribution in [0.5, 0.6) is 0 Å². The Kier molecular flexibility index (Phi) is 3.59. The number of nitrogens with zero attached hydrogens (tertiary/aromatic N) is 2. The quantitative estimate of drug-likeness (QED) is 0.879. The molecule has 1 aliphatic rings. The molecular weight excluding hydrogens is 248 g/mol. The lowest BCUT2D eigenvalue weighted by atomic mass is 9.90. The molecule has 1 saturated heterocycles. The number of carbonyl (C=O) groups is 2. The number of aliphatic carboxylic acids is 1. The average molecular weight is 266 g/mol. The molecule has 104 valence electrons. The van der Waals surface area contributed by atoms with Gasteiger partial charge in [-0.1, -0.05) is 12.1 Å². The number of carbonyl (C=O) groups excluding carboxylic acids is 1. The molecule has 1 aliphatic heterocycles. The Morgan fingerprint density at radius 3 is 2.63 bits per heavy atom. The number of carboxylic acid groups (broad SMARTS) is 1. The highest BCUT2D eigenvalue weighted by Crippen LogP contribution is 2.26. The van der Waals surface area contributed by atoms with Gasteiger partial charge in [-0.3, -0.25) is 4.79 Å². The molecule has 6 nitrogen and oxygen atoms in total. The molecule has 19 heavy (non-hydrogen) atoms. The molecule has 1 aromatic rings. The maximum atomic E-state index is 12.5. The van der Waals surface area contributed by atoms with Gasteiger partial charge < -0.3 is 14.5 Å². The predicted molar refractivity (Wildman–Crippen MR) is 66.8 cm³/mol. The Morgan fingerprint density at radius 1 is 1.42 bits per heavy atom. The summed E-state index contributed by atoms with van der Waals surface area (Å²) in [5.74, 6) is -0.858. The lowest BCUT2D eigenvalue weighted by molar-refractivity contribution is -0.145. The molecule has 0 radical (unpaired) electrons. The summed E-state index contributed by atoms with van der Waals surface area (Å²) in [6.45, 7) is 5.68. The number of hydrogen-bond donors (Lipinski definition) is 1. The van der Waals surface area contributed by atoms with Crippen LogP contribution in [0.4, 0.5) is 0 Å². The van der Waals surface area contributed by atoms with Crippen LogP contribution in [0.2, 0.25) is 0 Å². The Balaban J connectivity index is 2.34. The SMILES string of the molecule is Cc1noc(C)c1C(=O)N1CCCC(C)C1C(=O)O. The summed E-state index contributed by atoms with van der Waals surface area (Å²) >= 11 is 0. The molecule has 2 unspecified atom stereocenters. The van der Waals surface area contributed by atoms with Crippen molar-refractivity contribution in [1.29, 1.82) is 0 Å². The van der Waals surface area contributed by atoms with Crippen LogP contribution in [-0.4, -0.2) is 39.6 Å². The van der Waals surface area contributed by atoms with E-state index in [1.165, 1.54) is 4.90 Å². The van der Waals surface area contributed by atoms with Crippen molar-refractivity contribution in [1.82, 2.24) is 10.1 Å². The number of piperidine rings is 1. The van der Waals surface area contributed by atoms with Crippen LogP contribution in [0.3, 0.4) is 0 Å². The summed E-state index contributed by atoms with van der Waals surface area (Å²) in [6.07, 6.45) is 1.64. The fourth-order valence-electron chi connectivity index (χ4n) is 2.72. The fourth-order valence-corrected chi connectivity index (χ4v) is 2.72. The summed E-state index contributed by atoms with van der Waals surface area (Å²) in [5.41, 5.74) is 0.894. The standard InChI is InChI=1S/C13H18N2O4/c1-7-5-4-6-15(11(7)13(17)18)12(16)10-8(2)14-19-9(10)3/h7,11H,4-6H2,1-3H3,(H,17,18). The first-order chi connectivity index (χ1) is 8.93. The van der Waals surface area contributed by atoms with Crippen molar-refractivity contribution in [3.63, 3.8) is 0 Å². The second-order valence-electron chi connectivity index (χ2n) is 5.10. The van der Waals surface area contributed by atoms with Gasteiger partial charge in [-0.05, 0) is 32.6 Å². The van der Waals surface area contributed by atoms with E-state index in [2.05, 4.69) is 5.16 Å². The van der Waals surface area contributed by atoms with Crippen LogP contribution < -0.4 is 0 Å². The minimum Gasteiger partial charge on any atom is -0.480 e. The first kappa shape index (κ1) is 13.6. The zero-order valence-corrected chi connectivity index (χ0v) is 11.3. The zero-order valence-electron chi connectivity index (χ0n) is 11.3. The Hall–Kier alpha value is -1.85.